The molecule has 0 spiro atoms. The third-order valence-electron chi connectivity index (χ3n) is 3.66. The number of nitrogens with zero attached hydrogens (tertiary/aromatic N) is 3. The van der Waals surface area contributed by atoms with Crippen LogP contribution in [0.2, 0.25) is 0 Å². The Morgan fingerprint density at radius 1 is 1.45 bits per heavy atom. The molecule has 5 nitrogen and oxygen atoms in total. The van der Waals surface area contributed by atoms with Crippen LogP contribution in [0.3, 0.4) is 0 Å². The Hall–Kier alpha value is -1.53. The smallest absolute Gasteiger partial charge is 0.185 e. The van der Waals surface area contributed by atoms with Gasteiger partial charge in [0.15, 0.2) is 5.78 Å². The number of aromatic nitrogens is 3. The SMILES string of the molecule is O=C(CCc1cccs1)c1cn(C2CCNCC2)nn1. The number of ketones is 1. The Labute approximate surface area is 122 Å². The zero-order valence-corrected chi connectivity index (χ0v) is 12.1. The van der Waals surface area contributed by atoms with E-state index in [1.54, 1.807) is 11.3 Å². The van der Waals surface area contributed by atoms with Crippen molar-refractivity contribution in [3.05, 3.63) is 34.3 Å². The number of Topliss-reactive ketones (excluding diaryl/α,β-unsaturated/α-hetero) is 1. The third kappa shape index (κ3) is 3.13. The van der Waals surface area contributed by atoms with Crippen molar-refractivity contribution in [2.75, 3.05) is 13.1 Å². The number of hydrogen-bond donors (Lipinski definition) is 1. The molecule has 6 heteroatoms. The van der Waals surface area contributed by atoms with Crippen molar-refractivity contribution in [3.8, 4) is 0 Å². The quantitative estimate of drug-likeness (QED) is 0.857. The van der Waals surface area contributed by atoms with Gasteiger partial charge in [-0.05, 0) is 43.8 Å². The summed E-state index contributed by atoms with van der Waals surface area (Å²) in [5, 5.41) is 13.5. The minimum absolute atomic E-state index is 0.0820. The Balaban J connectivity index is 1.59. The lowest BCUT2D eigenvalue weighted by Gasteiger charge is -2.22. The van der Waals surface area contributed by atoms with Gasteiger partial charge in [-0.2, -0.15) is 0 Å². The van der Waals surface area contributed by atoms with E-state index in [0.717, 1.165) is 32.4 Å². The highest BCUT2D eigenvalue weighted by molar-refractivity contribution is 7.09. The van der Waals surface area contributed by atoms with E-state index in [4.69, 9.17) is 0 Å². The van der Waals surface area contributed by atoms with Crippen molar-refractivity contribution in [2.24, 2.45) is 0 Å². The maximum atomic E-state index is 12.1. The van der Waals surface area contributed by atoms with Gasteiger partial charge in [-0.15, -0.1) is 16.4 Å². The summed E-state index contributed by atoms with van der Waals surface area (Å²) in [5.41, 5.74) is 0.500. The normalized spacial score (nSPS) is 16.4. The highest BCUT2D eigenvalue weighted by Gasteiger charge is 2.18. The Morgan fingerprint density at radius 2 is 2.30 bits per heavy atom. The second-order valence-electron chi connectivity index (χ2n) is 5.07. The fourth-order valence-electron chi connectivity index (χ4n) is 2.47. The van der Waals surface area contributed by atoms with Gasteiger partial charge < -0.3 is 5.32 Å². The molecule has 1 saturated heterocycles. The van der Waals surface area contributed by atoms with Crippen molar-refractivity contribution in [1.29, 1.82) is 0 Å². The second-order valence-corrected chi connectivity index (χ2v) is 6.10. The molecule has 2 aromatic rings. The minimum Gasteiger partial charge on any atom is -0.317 e. The predicted octanol–water partition coefficient (Wildman–Crippen LogP) is 2.08. The van der Waals surface area contributed by atoms with Crippen LogP contribution in [0.15, 0.2) is 23.7 Å². The van der Waals surface area contributed by atoms with Crippen molar-refractivity contribution in [2.45, 2.75) is 31.7 Å². The minimum atomic E-state index is 0.0820. The van der Waals surface area contributed by atoms with Gasteiger partial charge in [-0.25, -0.2) is 4.68 Å². The van der Waals surface area contributed by atoms with E-state index in [0.29, 0.717) is 18.2 Å². The van der Waals surface area contributed by atoms with Crippen molar-refractivity contribution in [3.63, 3.8) is 0 Å². The van der Waals surface area contributed by atoms with Crippen molar-refractivity contribution >= 4 is 17.1 Å². The molecule has 3 heterocycles. The number of rotatable bonds is 5. The molecule has 2 aromatic heterocycles. The molecule has 3 rings (SSSR count). The van der Waals surface area contributed by atoms with E-state index >= 15 is 0 Å². The lowest BCUT2D eigenvalue weighted by molar-refractivity contribution is 0.0978. The maximum Gasteiger partial charge on any atom is 0.185 e. The molecule has 0 aliphatic carbocycles. The largest absolute Gasteiger partial charge is 0.317 e. The highest BCUT2D eigenvalue weighted by Crippen LogP contribution is 2.18. The standard InChI is InChI=1S/C14H18N4OS/c19-14(4-3-12-2-1-9-20-12)13-10-18(17-16-13)11-5-7-15-8-6-11/h1-2,9-11,15H,3-8H2. The van der Waals surface area contributed by atoms with Gasteiger partial charge in [0.2, 0.25) is 0 Å². The number of carbonyl (C=O) groups is 1. The van der Waals surface area contributed by atoms with Gasteiger partial charge >= 0.3 is 0 Å². The van der Waals surface area contributed by atoms with E-state index in [9.17, 15) is 4.79 Å². The van der Waals surface area contributed by atoms with Gasteiger partial charge in [0.25, 0.3) is 0 Å². The molecule has 1 aliphatic heterocycles. The van der Waals surface area contributed by atoms with Crippen molar-refractivity contribution in [1.82, 2.24) is 20.3 Å². The van der Waals surface area contributed by atoms with E-state index < -0.39 is 0 Å². The van der Waals surface area contributed by atoms with Gasteiger partial charge in [-0.1, -0.05) is 11.3 Å². The fourth-order valence-corrected chi connectivity index (χ4v) is 3.18. The highest BCUT2D eigenvalue weighted by atomic mass is 32.1. The molecule has 0 amide bonds. The summed E-state index contributed by atoms with van der Waals surface area (Å²) in [5.74, 6) is 0.0820. The van der Waals surface area contributed by atoms with Gasteiger partial charge in [0.1, 0.15) is 5.69 Å². The first-order valence-corrected chi connectivity index (χ1v) is 7.89. The van der Waals surface area contributed by atoms with Crippen molar-refractivity contribution < 1.29 is 4.79 Å². The first kappa shape index (κ1) is 13.5. The van der Waals surface area contributed by atoms with E-state index in [-0.39, 0.29) is 5.78 Å². The number of hydrogen-bond acceptors (Lipinski definition) is 5. The molecule has 0 bridgehead atoms. The Bertz CT molecular complexity index is 558. The molecule has 0 aromatic carbocycles. The average molecular weight is 290 g/mol. The molecule has 20 heavy (non-hydrogen) atoms. The van der Waals surface area contributed by atoms with Crippen LogP contribution in [-0.2, 0) is 6.42 Å². The molecule has 1 fully saturated rings. The van der Waals surface area contributed by atoms with Gasteiger partial charge in [0.05, 0.1) is 12.2 Å². The van der Waals surface area contributed by atoms with Crippen LogP contribution in [0.5, 0.6) is 0 Å². The first-order valence-electron chi connectivity index (χ1n) is 7.01. The molecule has 1 aliphatic rings. The van der Waals surface area contributed by atoms with Crippen LogP contribution < -0.4 is 5.32 Å². The Kier molecular flexibility index (Phi) is 4.22. The monoisotopic (exact) mass is 290 g/mol. The number of nitrogens with one attached hydrogen (secondary N) is 1. The van der Waals surface area contributed by atoms with Gasteiger partial charge in [-0.3, -0.25) is 4.79 Å². The number of thiophene rings is 1. The van der Waals surface area contributed by atoms with Gasteiger partial charge in [0, 0.05) is 11.3 Å². The molecule has 0 atom stereocenters. The molecule has 0 saturated carbocycles. The van der Waals surface area contributed by atoms with E-state index in [1.807, 2.05) is 22.3 Å². The molecular formula is C14H18N4OS. The van der Waals surface area contributed by atoms with Crippen LogP contribution >= 0.6 is 11.3 Å². The van der Waals surface area contributed by atoms with E-state index in [1.165, 1.54) is 4.88 Å². The maximum absolute atomic E-state index is 12.1. The predicted molar refractivity (Wildman–Crippen MR) is 78.1 cm³/mol. The molecule has 0 radical (unpaired) electrons. The summed E-state index contributed by atoms with van der Waals surface area (Å²) < 4.78 is 1.86. The summed E-state index contributed by atoms with van der Waals surface area (Å²) in [6.45, 7) is 2.01. The molecular weight excluding hydrogens is 272 g/mol. The molecule has 1 N–H and O–H groups in total. The molecule has 106 valence electrons. The topological polar surface area (TPSA) is 59.8 Å². The summed E-state index contributed by atoms with van der Waals surface area (Å²) >= 11 is 1.69. The van der Waals surface area contributed by atoms with Crippen LogP contribution in [-0.4, -0.2) is 33.9 Å². The van der Waals surface area contributed by atoms with E-state index in [2.05, 4.69) is 21.7 Å². The first-order chi connectivity index (χ1) is 9.83. The zero-order valence-electron chi connectivity index (χ0n) is 11.3. The fraction of sp³-hybridized carbons (Fsp3) is 0.500. The lowest BCUT2D eigenvalue weighted by atomic mass is 10.1. The van der Waals surface area contributed by atoms with Crippen LogP contribution in [0.25, 0.3) is 0 Å². The number of piperidine rings is 1. The van der Waals surface area contributed by atoms with Crippen LogP contribution in [0.4, 0.5) is 0 Å². The summed E-state index contributed by atoms with van der Waals surface area (Å²) in [7, 11) is 0. The van der Waals surface area contributed by atoms with Crippen LogP contribution in [0, 0.1) is 0 Å². The second kappa shape index (κ2) is 6.28. The zero-order chi connectivity index (χ0) is 13.8. The summed E-state index contributed by atoms with van der Waals surface area (Å²) in [6.07, 6.45) is 5.20. The van der Waals surface area contributed by atoms with Crippen LogP contribution in [0.1, 0.15) is 40.7 Å². The third-order valence-corrected chi connectivity index (χ3v) is 4.59. The molecule has 0 unspecified atom stereocenters. The lowest BCUT2D eigenvalue weighted by Crippen LogP contribution is -2.29. The number of aryl methyl sites for hydroxylation is 1. The number of carbonyl (C=O) groups excluding carboxylic acids is 1. The summed E-state index contributed by atoms with van der Waals surface area (Å²) in [6, 6.07) is 4.45. The summed E-state index contributed by atoms with van der Waals surface area (Å²) in [4.78, 5) is 13.4. The average Bonchev–Trinajstić information content (AvgIpc) is 3.17. The Morgan fingerprint density at radius 3 is 3.05 bits per heavy atom.